The lowest BCUT2D eigenvalue weighted by molar-refractivity contribution is 0.102. The molecular formula is C20H16N4O2S. The van der Waals surface area contributed by atoms with Crippen LogP contribution in [0.2, 0.25) is 0 Å². The summed E-state index contributed by atoms with van der Waals surface area (Å²) in [5.74, 6) is -0.00309. The number of ether oxygens (including phenoxy) is 1. The number of carbonyl (C=O) groups excluding carboxylic acids is 1. The van der Waals surface area contributed by atoms with Crippen LogP contribution < -0.4 is 10.1 Å². The Balaban J connectivity index is 1.46. The van der Waals surface area contributed by atoms with Gasteiger partial charge < -0.3 is 4.74 Å². The maximum Gasteiger partial charge on any atom is 0.276 e. The Bertz CT molecular complexity index is 1100. The third kappa shape index (κ3) is 4.09. The summed E-state index contributed by atoms with van der Waals surface area (Å²) in [6.45, 7) is 2.39. The summed E-state index contributed by atoms with van der Waals surface area (Å²) < 4.78 is 6.68. The van der Waals surface area contributed by atoms with Crippen LogP contribution in [0.15, 0.2) is 60.9 Å². The van der Waals surface area contributed by atoms with E-state index >= 15 is 0 Å². The minimum Gasteiger partial charge on any atom is -0.473 e. The zero-order valence-corrected chi connectivity index (χ0v) is 15.4. The van der Waals surface area contributed by atoms with Crippen molar-refractivity contribution in [3.8, 4) is 5.88 Å². The Hall–Kier alpha value is -3.32. The van der Waals surface area contributed by atoms with Gasteiger partial charge in [-0.2, -0.15) is 0 Å². The van der Waals surface area contributed by atoms with Crippen LogP contribution in [-0.2, 0) is 6.61 Å². The molecule has 27 heavy (non-hydrogen) atoms. The largest absolute Gasteiger partial charge is 0.473 e. The van der Waals surface area contributed by atoms with Crippen LogP contribution in [0.4, 0.5) is 5.13 Å². The molecule has 2 heterocycles. The van der Waals surface area contributed by atoms with Crippen LogP contribution in [0.3, 0.4) is 0 Å². The number of nitrogens with zero attached hydrogens (tertiary/aromatic N) is 3. The Morgan fingerprint density at radius 3 is 2.81 bits per heavy atom. The van der Waals surface area contributed by atoms with Gasteiger partial charge in [-0.15, -0.1) is 0 Å². The number of thiazole rings is 1. The zero-order valence-electron chi connectivity index (χ0n) is 14.5. The maximum absolute atomic E-state index is 12.5. The normalized spacial score (nSPS) is 10.7. The summed E-state index contributed by atoms with van der Waals surface area (Å²) in [5, 5.41) is 3.32. The van der Waals surface area contributed by atoms with E-state index in [-0.39, 0.29) is 11.6 Å². The lowest BCUT2D eigenvalue weighted by Gasteiger charge is -2.06. The van der Waals surface area contributed by atoms with Crippen LogP contribution in [0.5, 0.6) is 5.88 Å². The number of rotatable bonds is 5. The molecule has 6 nitrogen and oxygen atoms in total. The van der Waals surface area contributed by atoms with Gasteiger partial charge in [-0.3, -0.25) is 10.1 Å². The van der Waals surface area contributed by atoms with Gasteiger partial charge in [0.1, 0.15) is 18.6 Å². The molecule has 2 aromatic heterocycles. The predicted octanol–water partition coefficient (Wildman–Crippen LogP) is 4.23. The molecule has 0 spiro atoms. The van der Waals surface area contributed by atoms with Gasteiger partial charge in [0.25, 0.3) is 5.91 Å². The van der Waals surface area contributed by atoms with Crippen LogP contribution in [0, 0.1) is 6.92 Å². The average Bonchev–Trinajstić information content (AvgIpc) is 3.08. The van der Waals surface area contributed by atoms with Crippen molar-refractivity contribution in [2.45, 2.75) is 13.5 Å². The average molecular weight is 376 g/mol. The molecule has 4 rings (SSSR count). The lowest BCUT2D eigenvalue weighted by atomic mass is 10.2. The summed E-state index contributed by atoms with van der Waals surface area (Å²) in [7, 11) is 0. The van der Waals surface area contributed by atoms with Crippen molar-refractivity contribution in [2.75, 3.05) is 5.32 Å². The van der Waals surface area contributed by atoms with Gasteiger partial charge in [0.05, 0.1) is 10.2 Å². The molecule has 7 heteroatoms. The number of hydrogen-bond acceptors (Lipinski definition) is 6. The van der Waals surface area contributed by atoms with Crippen molar-refractivity contribution in [3.63, 3.8) is 0 Å². The van der Waals surface area contributed by atoms with Crippen LogP contribution in [0.1, 0.15) is 21.6 Å². The van der Waals surface area contributed by atoms with Gasteiger partial charge in [-0.25, -0.2) is 15.0 Å². The van der Waals surface area contributed by atoms with Crippen LogP contribution in [0.25, 0.3) is 10.2 Å². The standard InChI is InChI=1S/C20H16N4O2S/c1-13-7-8-15-17(9-13)27-20(23-15)24-19(25)16-10-18(22-12-21-16)26-11-14-5-3-2-4-6-14/h2-10,12H,11H2,1H3,(H,23,24,25). The third-order valence-corrected chi connectivity index (χ3v) is 4.80. The topological polar surface area (TPSA) is 77.0 Å². The highest BCUT2D eigenvalue weighted by Gasteiger charge is 2.13. The number of aromatic nitrogens is 3. The Kier molecular flexibility index (Phi) is 4.76. The third-order valence-electron chi connectivity index (χ3n) is 3.87. The van der Waals surface area contributed by atoms with Gasteiger partial charge in [-0.05, 0) is 30.2 Å². The number of carbonyl (C=O) groups is 1. The van der Waals surface area contributed by atoms with Crippen molar-refractivity contribution in [3.05, 3.63) is 77.7 Å². The highest BCUT2D eigenvalue weighted by molar-refractivity contribution is 7.22. The molecule has 4 aromatic rings. The molecule has 0 radical (unpaired) electrons. The molecule has 0 atom stereocenters. The monoisotopic (exact) mass is 376 g/mol. The number of hydrogen-bond donors (Lipinski definition) is 1. The second-order valence-corrected chi connectivity index (χ2v) is 6.99. The van der Waals surface area contributed by atoms with E-state index in [4.69, 9.17) is 4.74 Å². The first kappa shape index (κ1) is 17.1. The molecule has 1 N–H and O–H groups in total. The smallest absolute Gasteiger partial charge is 0.276 e. The second-order valence-electron chi connectivity index (χ2n) is 5.96. The number of aryl methyl sites for hydroxylation is 1. The number of anilines is 1. The molecule has 0 saturated carbocycles. The van der Waals surface area contributed by atoms with E-state index in [1.807, 2.05) is 55.5 Å². The van der Waals surface area contributed by atoms with Crippen LogP contribution >= 0.6 is 11.3 Å². The zero-order chi connectivity index (χ0) is 18.6. The van der Waals surface area contributed by atoms with Gasteiger partial charge in [0.15, 0.2) is 5.13 Å². The highest BCUT2D eigenvalue weighted by atomic mass is 32.1. The molecule has 134 valence electrons. The molecule has 0 unspecified atom stereocenters. The fraction of sp³-hybridized carbons (Fsp3) is 0.100. The molecule has 0 aliphatic rings. The quantitative estimate of drug-likeness (QED) is 0.564. The summed E-state index contributed by atoms with van der Waals surface area (Å²) in [6.07, 6.45) is 1.32. The fourth-order valence-electron chi connectivity index (χ4n) is 2.52. The van der Waals surface area contributed by atoms with Crippen molar-refractivity contribution in [1.29, 1.82) is 0 Å². The molecule has 0 aliphatic carbocycles. The summed E-state index contributed by atoms with van der Waals surface area (Å²) >= 11 is 1.43. The molecule has 2 aromatic carbocycles. The molecule has 1 amide bonds. The molecular weight excluding hydrogens is 360 g/mol. The van der Waals surface area contributed by atoms with Crippen LogP contribution in [-0.4, -0.2) is 20.9 Å². The molecule has 0 bridgehead atoms. The van der Waals surface area contributed by atoms with Gasteiger partial charge in [0.2, 0.25) is 5.88 Å². The van der Waals surface area contributed by atoms with Gasteiger partial charge in [0, 0.05) is 6.07 Å². The fourth-order valence-corrected chi connectivity index (χ4v) is 3.48. The van der Waals surface area contributed by atoms with Gasteiger partial charge >= 0.3 is 0 Å². The summed E-state index contributed by atoms with van der Waals surface area (Å²) in [6, 6.07) is 17.3. The minimum absolute atomic E-state index is 0.225. The van der Waals surface area contributed by atoms with Crippen molar-refractivity contribution < 1.29 is 9.53 Å². The van der Waals surface area contributed by atoms with E-state index < -0.39 is 0 Å². The minimum atomic E-state index is -0.349. The second kappa shape index (κ2) is 7.51. The van der Waals surface area contributed by atoms with E-state index in [0.29, 0.717) is 17.6 Å². The number of benzene rings is 2. The van der Waals surface area contributed by atoms with E-state index in [0.717, 1.165) is 21.3 Å². The van der Waals surface area contributed by atoms with E-state index in [1.54, 1.807) is 0 Å². The first-order valence-electron chi connectivity index (χ1n) is 8.35. The Morgan fingerprint density at radius 2 is 1.96 bits per heavy atom. The lowest BCUT2D eigenvalue weighted by Crippen LogP contribution is -2.14. The van der Waals surface area contributed by atoms with Crippen molar-refractivity contribution in [2.24, 2.45) is 0 Å². The van der Waals surface area contributed by atoms with Gasteiger partial charge in [-0.1, -0.05) is 47.7 Å². The highest BCUT2D eigenvalue weighted by Crippen LogP contribution is 2.27. The number of nitrogens with one attached hydrogen (secondary N) is 1. The SMILES string of the molecule is Cc1ccc2nc(NC(=O)c3cc(OCc4ccccc4)ncn3)sc2c1. The summed E-state index contributed by atoms with van der Waals surface area (Å²) in [4.78, 5) is 25.0. The summed E-state index contributed by atoms with van der Waals surface area (Å²) in [5.41, 5.74) is 3.26. The van der Waals surface area contributed by atoms with Crippen molar-refractivity contribution in [1.82, 2.24) is 15.0 Å². The molecule has 0 fully saturated rings. The van der Waals surface area contributed by atoms with E-state index in [2.05, 4.69) is 20.3 Å². The maximum atomic E-state index is 12.5. The van der Waals surface area contributed by atoms with E-state index in [9.17, 15) is 4.79 Å². The molecule has 0 saturated heterocycles. The first-order valence-corrected chi connectivity index (χ1v) is 9.16. The number of fused-ring (bicyclic) bond motifs is 1. The van der Waals surface area contributed by atoms with E-state index in [1.165, 1.54) is 23.7 Å². The number of amides is 1. The van der Waals surface area contributed by atoms with Crippen molar-refractivity contribution >= 4 is 32.6 Å². The predicted molar refractivity (Wildman–Crippen MR) is 105 cm³/mol. The Labute approximate surface area is 159 Å². The first-order chi connectivity index (χ1) is 13.2. The Morgan fingerprint density at radius 1 is 1.11 bits per heavy atom. The molecule has 0 aliphatic heterocycles.